The molecule has 0 atom stereocenters. The number of hydrogen-bond donors (Lipinski definition) is 0. The van der Waals surface area contributed by atoms with Gasteiger partial charge in [0.25, 0.3) is 0 Å². The Hall–Kier alpha value is -2.09. The van der Waals surface area contributed by atoms with Crippen LogP contribution in [0.1, 0.15) is 24.5 Å². The first-order chi connectivity index (χ1) is 8.90. The van der Waals surface area contributed by atoms with E-state index in [4.69, 9.17) is 4.84 Å². The maximum atomic E-state index is 5.40. The normalized spacial score (nSPS) is 11.3. The van der Waals surface area contributed by atoms with Crippen LogP contribution < -0.4 is 0 Å². The molecule has 0 N–H and O–H groups in total. The largest absolute Gasteiger partial charge is 0.391 e. The van der Waals surface area contributed by atoms with Crippen LogP contribution in [-0.2, 0) is 11.4 Å². The highest BCUT2D eigenvalue weighted by atomic mass is 16.6. The standard InChI is InChI=1S/C16H16NO/c1-2-16(15-11-7-4-8-12-15)17-18-13-14-9-5-3-6-10-14/h3,5-12H,2,13H2,1H3. The summed E-state index contributed by atoms with van der Waals surface area (Å²) in [5, 5.41) is 4.21. The summed E-state index contributed by atoms with van der Waals surface area (Å²) in [4.78, 5) is 5.40. The second kappa shape index (κ2) is 6.60. The first-order valence-electron chi connectivity index (χ1n) is 6.09. The number of nitrogens with zero attached hydrogens (tertiary/aromatic N) is 1. The number of benzene rings is 2. The molecule has 0 bridgehead atoms. The van der Waals surface area contributed by atoms with Crippen LogP contribution in [0.4, 0.5) is 0 Å². The van der Waals surface area contributed by atoms with E-state index in [1.54, 1.807) is 0 Å². The molecule has 0 aromatic heterocycles. The van der Waals surface area contributed by atoms with Gasteiger partial charge in [0.05, 0.1) is 5.71 Å². The number of rotatable bonds is 5. The third-order valence-electron chi connectivity index (χ3n) is 2.64. The van der Waals surface area contributed by atoms with Gasteiger partial charge in [-0.05, 0) is 23.6 Å². The molecule has 0 heterocycles. The lowest BCUT2D eigenvalue weighted by atomic mass is 10.1. The van der Waals surface area contributed by atoms with Gasteiger partial charge in [0.1, 0.15) is 6.61 Å². The van der Waals surface area contributed by atoms with Gasteiger partial charge in [0, 0.05) is 0 Å². The molecule has 2 aromatic carbocycles. The molecule has 2 rings (SSSR count). The Kier molecular flexibility index (Phi) is 4.53. The molecule has 2 heteroatoms. The van der Waals surface area contributed by atoms with E-state index in [0.717, 1.165) is 23.3 Å². The SMILES string of the molecule is CCC(=NOCc1ccccc1)c1cc[c]cc1. The maximum Gasteiger partial charge on any atom is 0.142 e. The third kappa shape index (κ3) is 3.45. The van der Waals surface area contributed by atoms with Crippen LogP contribution in [0.5, 0.6) is 0 Å². The molecule has 91 valence electrons. The van der Waals surface area contributed by atoms with Crippen LogP contribution in [0.15, 0.2) is 59.8 Å². The Balaban J connectivity index is 1.99. The molecular weight excluding hydrogens is 222 g/mol. The van der Waals surface area contributed by atoms with Crippen molar-refractivity contribution < 1.29 is 4.84 Å². The van der Waals surface area contributed by atoms with Gasteiger partial charge in [-0.15, -0.1) is 0 Å². The highest BCUT2D eigenvalue weighted by Crippen LogP contribution is 2.06. The molecular formula is C16H16NO. The van der Waals surface area contributed by atoms with Crippen molar-refractivity contribution >= 4 is 5.71 Å². The summed E-state index contributed by atoms with van der Waals surface area (Å²) in [5.74, 6) is 0. The highest BCUT2D eigenvalue weighted by Gasteiger charge is 2.00. The first-order valence-corrected chi connectivity index (χ1v) is 6.09. The topological polar surface area (TPSA) is 21.6 Å². The quantitative estimate of drug-likeness (QED) is 0.573. The van der Waals surface area contributed by atoms with Crippen molar-refractivity contribution in [2.24, 2.45) is 5.16 Å². The average molecular weight is 238 g/mol. The summed E-state index contributed by atoms with van der Waals surface area (Å²) in [6.45, 7) is 2.57. The second-order valence-electron chi connectivity index (χ2n) is 3.94. The van der Waals surface area contributed by atoms with Gasteiger partial charge in [-0.1, -0.05) is 66.7 Å². The summed E-state index contributed by atoms with van der Waals surface area (Å²) < 4.78 is 0. The lowest BCUT2D eigenvalue weighted by Crippen LogP contribution is -2.00. The van der Waals surface area contributed by atoms with E-state index in [9.17, 15) is 0 Å². The van der Waals surface area contributed by atoms with E-state index in [0.29, 0.717) is 6.61 Å². The second-order valence-corrected chi connectivity index (χ2v) is 3.94. The van der Waals surface area contributed by atoms with Gasteiger partial charge in [-0.25, -0.2) is 0 Å². The van der Waals surface area contributed by atoms with Gasteiger partial charge in [0.15, 0.2) is 0 Å². The monoisotopic (exact) mass is 238 g/mol. The Morgan fingerprint density at radius 2 is 1.83 bits per heavy atom. The van der Waals surface area contributed by atoms with E-state index in [1.165, 1.54) is 0 Å². The minimum absolute atomic E-state index is 0.503. The lowest BCUT2D eigenvalue weighted by molar-refractivity contribution is 0.130. The molecule has 0 aliphatic rings. The van der Waals surface area contributed by atoms with E-state index in [-0.39, 0.29) is 0 Å². The fourth-order valence-electron chi connectivity index (χ4n) is 1.66. The minimum Gasteiger partial charge on any atom is -0.391 e. The molecule has 2 nitrogen and oxygen atoms in total. The molecule has 0 spiro atoms. The Morgan fingerprint density at radius 3 is 2.50 bits per heavy atom. The number of hydrogen-bond acceptors (Lipinski definition) is 2. The van der Waals surface area contributed by atoms with Crippen molar-refractivity contribution in [2.75, 3.05) is 0 Å². The molecule has 1 radical (unpaired) electrons. The van der Waals surface area contributed by atoms with E-state index >= 15 is 0 Å². The zero-order valence-electron chi connectivity index (χ0n) is 10.5. The highest BCUT2D eigenvalue weighted by molar-refractivity contribution is 5.99. The molecule has 0 amide bonds. The predicted octanol–water partition coefficient (Wildman–Crippen LogP) is 3.82. The van der Waals surface area contributed by atoms with E-state index in [1.807, 2.05) is 54.6 Å². The third-order valence-corrected chi connectivity index (χ3v) is 2.64. The fraction of sp³-hybridized carbons (Fsp3) is 0.188. The van der Waals surface area contributed by atoms with Crippen LogP contribution in [-0.4, -0.2) is 5.71 Å². The van der Waals surface area contributed by atoms with E-state index in [2.05, 4.69) is 18.1 Å². The van der Waals surface area contributed by atoms with Gasteiger partial charge in [0.2, 0.25) is 0 Å². The van der Waals surface area contributed by atoms with Crippen LogP contribution in [0.2, 0.25) is 0 Å². The average Bonchev–Trinajstić information content (AvgIpc) is 2.46. The zero-order chi connectivity index (χ0) is 12.6. The van der Waals surface area contributed by atoms with Crippen molar-refractivity contribution in [1.82, 2.24) is 0 Å². The number of oxime groups is 1. The van der Waals surface area contributed by atoms with Gasteiger partial charge in [-0.3, -0.25) is 0 Å². The van der Waals surface area contributed by atoms with Crippen molar-refractivity contribution in [3.05, 3.63) is 71.8 Å². The van der Waals surface area contributed by atoms with Crippen molar-refractivity contribution in [2.45, 2.75) is 20.0 Å². The van der Waals surface area contributed by atoms with Crippen LogP contribution in [0, 0.1) is 6.07 Å². The Labute approximate surface area is 108 Å². The van der Waals surface area contributed by atoms with Crippen molar-refractivity contribution in [3.63, 3.8) is 0 Å². The lowest BCUT2D eigenvalue weighted by Gasteiger charge is -2.04. The fourth-order valence-corrected chi connectivity index (χ4v) is 1.66. The van der Waals surface area contributed by atoms with Gasteiger partial charge in [-0.2, -0.15) is 0 Å². The smallest absolute Gasteiger partial charge is 0.142 e. The van der Waals surface area contributed by atoms with Crippen molar-refractivity contribution in [3.8, 4) is 0 Å². The van der Waals surface area contributed by atoms with Crippen molar-refractivity contribution in [1.29, 1.82) is 0 Å². The molecule has 0 saturated carbocycles. The predicted molar refractivity (Wildman–Crippen MR) is 73.3 cm³/mol. The summed E-state index contributed by atoms with van der Waals surface area (Å²) in [6.07, 6.45) is 0.846. The maximum absolute atomic E-state index is 5.40. The van der Waals surface area contributed by atoms with Crippen LogP contribution >= 0.6 is 0 Å². The molecule has 0 saturated heterocycles. The molecule has 0 aliphatic heterocycles. The Bertz CT molecular complexity index is 491. The van der Waals surface area contributed by atoms with E-state index < -0.39 is 0 Å². The first kappa shape index (κ1) is 12.4. The Morgan fingerprint density at radius 1 is 1.11 bits per heavy atom. The minimum atomic E-state index is 0.503. The summed E-state index contributed by atoms with van der Waals surface area (Å²) in [7, 11) is 0. The van der Waals surface area contributed by atoms with Crippen LogP contribution in [0.25, 0.3) is 0 Å². The summed E-state index contributed by atoms with van der Waals surface area (Å²) in [6, 6.07) is 20.8. The zero-order valence-corrected chi connectivity index (χ0v) is 10.5. The molecule has 0 fully saturated rings. The van der Waals surface area contributed by atoms with Gasteiger partial charge < -0.3 is 4.84 Å². The molecule has 18 heavy (non-hydrogen) atoms. The van der Waals surface area contributed by atoms with Gasteiger partial charge >= 0.3 is 0 Å². The molecule has 0 aliphatic carbocycles. The molecule has 2 aromatic rings. The summed E-state index contributed by atoms with van der Waals surface area (Å²) >= 11 is 0. The molecule has 0 unspecified atom stereocenters. The summed E-state index contributed by atoms with van der Waals surface area (Å²) in [5.41, 5.74) is 3.17. The van der Waals surface area contributed by atoms with Crippen LogP contribution in [0.3, 0.4) is 0 Å².